The molecule has 0 saturated carbocycles. The number of carbonyl (C=O) groups is 1. The molecule has 3 aliphatic heterocycles. The maximum Gasteiger partial charge on any atom is 0.243 e. The largest absolute Gasteiger partial charge is 0.339 e. The summed E-state index contributed by atoms with van der Waals surface area (Å²) in [7, 11) is -3.76. The fourth-order valence-corrected chi connectivity index (χ4v) is 6.31. The molecule has 10 heteroatoms. The predicted octanol–water partition coefficient (Wildman–Crippen LogP) is 1.48. The lowest BCUT2D eigenvalue weighted by Crippen LogP contribution is -2.52. The van der Waals surface area contributed by atoms with Crippen LogP contribution in [0.15, 0.2) is 23.1 Å². The number of hydrogen-bond donors (Lipinski definition) is 0. The van der Waals surface area contributed by atoms with Crippen LogP contribution in [0.5, 0.6) is 0 Å². The molecule has 3 aliphatic rings. The molecule has 3 heterocycles. The summed E-state index contributed by atoms with van der Waals surface area (Å²) in [5.74, 6) is -0.598. The van der Waals surface area contributed by atoms with E-state index in [9.17, 15) is 17.6 Å². The lowest BCUT2D eigenvalue weighted by atomic mass is 10.2. The topological polar surface area (TPSA) is 64.2 Å². The number of sulfonamides is 1. The second-order valence-corrected chi connectivity index (χ2v) is 10.6. The third-order valence-electron chi connectivity index (χ3n) is 6.38. The molecule has 30 heavy (non-hydrogen) atoms. The third kappa shape index (κ3) is 4.65. The molecule has 1 aromatic carbocycles. The quantitative estimate of drug-likeness (QED) is 0.668. The Bertz CT molecular complexity index is 886. The van der Waals surface area contributed by atoms with E-state index in [0.717, 1.165) is 31.6 Å². The van der Waals surface area contributed by atoms with Crippen molar-refractivity contribution in [3.05, 3.63) is 29.0 Å². The van der Waals surface area contributed by atoms with Crippen LogP contribution in [0.1, 0.15) is 19.3 Å². The molecular weight excluding hydrogens is 431 g/mol. The number of halogens is 2. The minimum absolute atomic E-state index is 0.0290. The van der Waals surface area contributed by atoms with E-state index in [2.05, 4.69) is 9.80 Å². The van der Waals surface area contributed by atoms with E-state index < -0.39 is 15.8 Å². The molecule has 1 amide bonds. The lowest BCUT2D eigenvalue weighted by Gasteiger charge is -2.35. The zero-order valence-electron chi connectivity index (χ0n) is 17.0. The van der Waals surface area contributed by atoms with Gasteiger partial charge in [0.15, 0.2) is 0 Å². The van der Waals surface area contributed by atoms with Crippen molar-refractivity contribution in [2.24, 2.45) is 0 Å². The molecular formula is C20H28ClFN4O3S. The number of piperazine rings is 1. The van der Waals surface area contributed by atoms with Gasteiger partial charge in [0.2, 0.25) is 15.9 Å². The molecule has 166 valence electrons. The van der Waals surface area contributed by atoms with Gasteiger partial charge in [-0.25, -0.2) is 12.8 Å². The number of benzene rings is 1. The van der Waals surface area contributed by atoms with Crippen LogP contribution in [0, 0.1) is 5.82 Å². The van der Waals surface area contributed by atoms with Crippen molar-refractivity contribution in [3.63, 3.8) is 0 Å². The van der Waals surface area contributed by atoms with Crippen LogP contribution in [0.2, 0.25) is 5.02 Å². The first-order valence-electron chi connectivity index (χ1n) is 10.5. The summed E-state index contributed by atoms with van der Waals surface area (Å²) in [4.78, 5) is 19.2. The van der Waals surface area contributed by atoms with Crippen LogP contribution in [0.25, 0.3) is 0 Å². The van der Waals surface area contributed by atoms with Gasteiger partial charge in [-0.15, -0.1) is 0 Å². The summed E-state index contributed by atoms with van der Waals surface area (Å²) >= 11 is 5.74. The minimum atomic E-state index is -3.76. The van der Waals surface area contributed by atoms with Gasteiger partial charge in [0, 0.05) is 45.3 Å². The van der Waals surface area contributed by atoms with E-state index in [1.807, 2.05) is 0 Å². The number of carbonyl (C=O) groups excluding carboxylic acids is 1. The zero-order chi connectivity index (χ0) is 21.3. The Morgan fingerprint density at radius 2 is 1.77 bits per heavy atom. The number of hydrogen-bond acceptors (Lipinski definition) is 5. The molecule has 0 aromatic heterocycles. The highest BCUT2D eigenvalue weighted by atomic mass is 35.5. The van der Waals surface area contributed by atoms with Gasteiger partial charge in [-0.1, -0.05) is 11.6 Å². The normalized spacial score (nSPS) is 24.6. The van der Waals surface area contributed by atoms with Crippen LogP contribution < -0.4 is 0 Å². The van der Waals surface area contributed by atoms with E-state index in [4.69, 9.17) is 11.6 Å². The number of amides is 1. The molecule has 0 bridgehead atoms. The second kappa shape index (κ2) is 9.08. The van der Waals surface area contributed by atoms with Crippen molar-refractivity contribution < 1.29 is 17.6 Å². The van der Waals surface area contributed by atoms with Gasteiger partial charge in [-0.05, 0) is 50.6 Å². The van der Waals surface area contributed by atoms with E-state index in [1.165, 1.54) is 36.3 Å². The Hall–Kier alpha value is -1.26. The molecule has 0 aliphatic carbocycles. The Morgan fingerprint density at radius 1 is 1.07 bits per heavy atom. The van der Waals surface area contributed by atoms with Crippen molar-refractivity contribution in [3.8, 4) is 0 Å². The molecule has 1 aromatic rings. The van der Waals surface area contributed by atoms with Crippen LogP contribution in [-0.4, -0.2) is 98.3 Å². The molecule has 3 fully saturated rings. The Kier molecular flexibility index (Phi) is 6.64. The van der Waals surface area contributed by atoms with Crippen molar-refractivity contribution in [1.29, 1.82) is 0 Å². The van der Waals surface area contributed by atoms with Gasteiger partial charge >= 0.3 is 0 Å². The highest BCUT2D eigenvalue weighted by Crippen LogP contribution is 2.24. The van der Waals surface area contributed by atoms with Crippen LogP contribution >= 0.6 is 11.6 Å². The van der Waals surface area contributed by atoms with Crippen molar-refractivity contribution in [1.82, 2.24) is 19.0 Å². The Balaban J connectivity index is 1.28. The van der Waals surface area contributed by atoms with Gasteiger partial charge in [-0.3, -0.25) is 14.6 Å². The number of rotatable bonds is 5. The Morgan fingerprint density at radius 3 is 2.43 bits per heavy atom. The minimum Gasteiger partial charge on any atom is -0.339 e. The first-order chi connectivity index (χ1) is 14.3. The van der Waals surface area contributed by atoms with E-state index >= 15 is 0 Å². The van der Waals surface area contributed by atoms with Gasteiger partial charge in [0.1, 0.15) is 5.82 Å². The molecule has 0 radical (unpaired) electrons. The monoisotopic (exact) mass is 458 g/mol. The predicted molar refractivity (Wildman–Crippen MR) is 112 cm³/mol. The van der Waals surface area contributed by atoms with Crippen LogP contribution in [-0.2, 0) is 14.8 Å². The second-order valence-electron chi connectivity index (χ2n) is 8.28. The average molecular weight is 459 g/mol. The molecule has 0 N–H and O–H groups in total. The summed E-state index contributed by atoms with van der Waals surface area (Å²) in [5, 5.41) is -0.220. The molecule has 0 spiro atoms. The van der Waals surface area contributed by atoms with Crippen LogP contribution in [0.4, 0.5) is 4.39 Å². The van der Waals surface area contributed by atoms with E-state index in [0.29, 0.717) is 25.7 Å². The average Bonchev–Trinajstić information content (AvgIpc) is 3.42. The smallest absolute Gasteiger partial charge is 0.243 e. The summed E-state index contributed by atoms with van der Waals surface area (Å²) in [5.41, 5.74) is 0. The van der Waals surface area contributed by atoms with Gasteiger partial charge in [-0.2, -0.15) is 4.31 Å². The van der Waals surface area contributed by atoms with Gasteiger partial charge in [0.05, 0.1) is 16.5 Å². The van der Waals surface area contributed by atoms with E-state index in [-0.39, 0.29) is 28.9 Å². The van der Waals surface area contributed by atoms with Crippen molar-refractivity contribution in [2.45, 2.75) is 30.2 Å². The first-order valence-corrected chi connectivity index (χ1v) is 12.4. The summed E-state index contributed by atoms with van der Waals surface area (Å²) < 4.78 is 40.3. The molecule has 1 unspecified atom stereocenters. The molecule has 3 saturated heterocycles. The third-order valence-corrected chi connectivity index (χ3v) is 8.57. The fourth-order valence-electron chi connectivity index (χ4n) is 4.62. The summed E-state index contributed by atoms with van der Waals surface area (Å²) in [6, 6.07) is 3.97. The van der Waals surface area contributed by atoms with Crippen LogP contribution in [0.3, 0.4) is 0 Å². The van der Waals surface area contributed by atoms with Crippen molar-refractivity contribution in [2.75, 3.05) is 58.9 Å². The SMILES string of the molecule is O=C(CN1CCC(N2CCCC2)C1)N1CCN(S(=O)(=O)c2ccc(F)c(Cl)c2)CC1. The fraction of sp³-hybridized carbons (Fsp3) is 0.650. The summed E-state index contributed by atoms with van der Waals surface area (Å²) in [6.45, 7) is 5.76. The number of nitrogens with zero attached hydrogens (tertiary/aromatic N) is 4. The standard InChI is InChI=1S/C20H28ClFN4O3S/c21-18-13-17(3-4-19(18)22)30(28,29)26-11-9-25(10-12-26)20(27)15-23-8-5-16(14-23)24-6-1-2-7-24/h3-4,13,16H,1-2,5-12,14-15H2. The van der Waals surface area contributed by atoms with Crippen molar-refractivity contribution >= 4 is 27.5 Å². The van der Waals surface area contributed by atoms with E-state index in [1.54, 1.807) is 4.90 Å². The Labute approximate surface area is 182 Å². The maximum absolute atomic E-state index is 13.4. The zero-order valence-corrected chi connectivity index (χ0v) is 18.5. The number of likely N-dealkylation sites (tertiary alicyclic amines) is 2. The summed E-state index contributed by atoms with van der Waals surface area (Å²) in [6.07, 6.45) is 3.65. The highest BCUT2D eigenvalue weighted by Gasteiger charge is 2.33. The van der Waals surface area contributed by atoms with Gasteiger partial charge < -0.3 is 4.90 Å². The highest BCUT2D eigenvalue weighted by molar-refractivity contribution is 7.89. The molecule has 7 nitrogen and oxygen atoms in total. The molecule has 4 rings (SSSR count). The molecule has 1 atom stereocenters. The lowest BCUT2D eigenvalue weighted by molar-refractivity contribution is -0.133. The van der Waals surface area contributed by atoms with Gasteiger partial charge in [0.25, 0.3) is 0 Å². The first kappa shape index (κ1) is 22.0. The maximum atomic E-state index is 13.4.